The number of benzene rings is 8. The molecule has 0 radical (unpaired) electrons. The van der Waals surface area contributed by atoms with Gasteiger partial charge in [0.15, 0.2) is 23.1 Å². The third-order valence-electron chi connectivity index (χ3n) is 12.2. The van der Waals surface area contributed by atoms with Gasteiger partial charge < -0.3 is 8.98 Å². The average molecular weight is 820 g/mol. The molecule has 0 saturated carbocycles. The third kappa shape index (κ3) is 5.92. The zero-order chi connectivity index (χ0) is 42.1. The number of pyridine rings is 1. The first-order valence-electron chi connectivity index (χ1n) is 21.2. The van der Waals surface area contributed by atoms with E-state index in [-0.39, 0.29) is 0 Å². The standard InChI is InChI=1S/C56H33N7O/c1-2-10-35(11-3-1)53-60-54(62-55(61-53)37-24-26-44(27-25-37)63-48-16-8-6-14-45(48)46-15-7-9-17-49(46)63)36-20-18-34(19-21-36)50-52-51(59-33-58-50)47-31-43(32-57-56(47)64-52)41-23-22-40-28-38-12-4-5-13-39(38)29-42(40)30-41/h1-33H. The zero-order valence-electron chi connectivity index (χ0n) is 34.1. The van der Waals surface area contributed by atoms with Gasteiger partial charge in [-0.05, 0) is 87.8 Å². The minimum Gasteiger partial charge on any atom is -0.434 e. The van der Waals surface area contributed by atoms with E-state index in [4.69, 9.17) is 29.3 Å². The van der Waals surface area contributed by atoms with Gasteiger partial charge in [-0.15, -0.1) is 0 Å². The molecule has 5 heterocycles. The summed E-state index contributed by atoms with van der Waals surface area (Å²) in [7, 11) is 0. The maximum absolute atomic E-state index is 6.40. The smallest absolute Gasteiger partial charge is 0.229 e. The maximum Gasteiger partial charge on any atom is 0.229 e. The van der Waals surface area contributed by atoms with E-state index in [0.717, 1.165) is 55.5 Å². The first kappa shape index (κ1) is 35.8. The Bertz CT molecular complexity index is 3900. The van der Waals surface area contributed by atoms with E-state index in [1.165, 1.54) is 32.3 Å². The first-order chi connectivity index (χ1) is 31.7. The number of hydrogen-bond donors (Lipinski definition) is 0. The van der Waals surface area contributed by atoms with E-state index < -0.39 is 0 Å². The number of furan rings is 1. The molecule has 0 atom stereocenters. The molecule has 0 N–H and O–H groups in total. The van der Waals surface area contributed by atoms with Gasteiger partial charge in [0, 0.05) is 50.5 Å². The van der Waals surface area contributed by atoms with E-state index in [2.05, 4.69) is 143 Å². The number of fused-ring (bicyclic) bond motifs is 8. The van der Waals surface area contributed by atoms with E-state index in [1.807, 2.05) is 60.8 Å². The lowest BCUT2D eigenvalue weighted by molar-refractivity contribution is 0.652. The van der Waals surface area contributed by atoms with Crippen LogP contribution in [-0.2, 0) is 0 Å². The van der Waals surface area contributed by atoms with Crippen LogP contribution in [0.3, 0.4) is 0 Å². The SMILES string of the molecule is c1ccc(-c2nc(-c3ccc(-c4ncnc5c4oc4ncc(-c6ccc7cc8ccccc8cc7c6)cc45)cc3)nc(-c3ccc(-n4c5ccccc5c5ccccc54)cc3)n2)cc1. The first-order valence-corrected chi connectivity index (χ1v) is 21.2. The summed E-state index contributed by atoms with van der Waals surface area (Å²) in [6, 6.07) is 65.2. The summed E-state index contributed by atoms with van der Waals surface area (Å²) in [6.07, 6.45) is 3.45. The van der Waals surface area contributed by atoms with Crippen LogP contribution in [0.25, 0.3) is 128 Å². The Morgan fingerprint density at radius 3 is 1.61 bits per heavy atom. The Balaban J connectivity index is 0.851. The second kappa shape index (κ2) is 14.4. The Kier molecular flexibility index (Phi) is 8.04. The van der Waals surface area contributed by atoms with Crippen molar-refractivity contribution >= 4 is 65.6 Å². The molecule has 64 heavy (non-hydrogen) atoms. The normalized spacial score (nSPS) is 11.8. The van der Waals surface area contributed by atoms with Gasteiger partial charge in [0.05, 0.1) is 16.4 Å². The minimum atomic E-state index is 0.512. The highest BCUT2D eigenvalue weighted by Gasteiger charge is 2.19. The molecule has 8 nitrogen and oxygen atoms in total. The second-order valence-corrected chi connectivity index (χ2v) is 16.0. The molecule has 13 rings (SSSR count). The van der Waals surface area contributed by atoms with Crippen molar-refractivity contribution < 1.29 is 4.42 Å². The molecule has 0 aliphatic carbocycles. The van der Waals surface area contributed by atoms with Crippen LogP contribution in [0.2, 0.25) is 0 Å². The predicted octanol–water partition coefficient (Wildman–Crippen LogP) is 13.7. The van der Waals surface area contributed by atoms with Crippen molar-refractivity contribution in [1.29, 1.82) is 0 Å². The van der Waals surface area contributed by atoms with Crippen LogP contribution in [0.1, 0.15) is 0 Å². The number of aromatic nitrogens is 7. The molecule has 13 aromatic rings. The van der Waals surface area contributed by atoms with Crippen LogP contribution in [0, 0.1) is 0 Å². The van der Waals surface area contributed by atoms with Gasteiger partial charge >= 0.3 is 0 Å². The third-order valence-corrected chi connectivity index (χ3v) is 12.2. The maximum atomic E-state index is 6.40. The fourth-order valence-corrected chi connectivity index (χ4v) is 9.03. The van der Waals surface area contributed by atoms with Crippen LogP contribution in [-0.4, -0.2) is 34.5 Å². The fourth-order valence-electron chi connectivity index (χ4n) is 9.03. The lowest BCUT2D eigenvalue weighted by Crippen LogP contribution is -2.00. The van der Waals surface area contributed by atoms with E-state index in [0.29, 0.717) is 40.0 Å². The predicted molar refractivity (Wildman–Crippen MR) is 257 cm³/mol. The molecule has 0 unspecified atom stereocenters. The summed E-state index contributed by atoms with van der Waals surface area (Å²) < 4.78 is 8.70. The molecular weight excluding hydrogens is 787 g/mol. The van der Waals surface area contributed by atoms with Crippen molar-refractivity contribution in [3.8, 4) is 62.2 Å². The molecule has 0 saturated heterocycles. The van der Waals surface area contributed by atoms with Crippen LogP contribution in [0.15, 0.2) is 205 Å². The van der Waals surface area contributed by atoms with Crippen molar-refractivity contribution in [2.24, 2.45) is 0 Å². The topological polar surface area (TPSA) is 95.4 Å². The molecule has 0 amide bonds. The number of hydrogen-bond acceptors (Lipinski definition) is 7. The van der Waals surface area contributed by atoms with Gasteiger partial charge in [-0.1, -0.05) is 127 Å². The number of rotatable bonds is 6. The molecule has 0 fully saturated rings. The molecule has 8 aromatic carbocycles. The van der Waals surface area contributed by atoms with Crippen molar-refractivity contribution in [3.05, 3.63) is 201 Å². The van der Waals surface area contributed by atoms with Gasteiger partial charge in [0.1, 0.15) is 17.5 Å². The van der Waals surface area contributed by atoms with E-state index in [9.17, 15) is 0 Å². The van der Waals surface area contributed by atoms with Crippen LogP contribution < -0.4 is 0 Å². The summed E-state index contributed by atoms with van der Waals surface area (Å²) in [4.78, 5) is 29.2. The van der Waals surface area contributed by atoms with Gasteiger partial charge in [0.2, 0.25) is 5.71 Å². The van der Waals surface area contributed by atoms with Crippen LogP contribution in [0.5, 0.6) is 0 Å². The van der Waals surface area contributed by atoms with Gasteiger partial charge in [0.25, 0.3) is 0 Å². The van der Waals surface area contributed by atoms with Gasteiger partial charge in [-0.3, -0.25) is 0 Å². The van der Waals surface area contributed by atoms with Crippen molar-refractivity contribution in [2.75, 3.05) is 0 Å². The summed E-state index contributed by atoms with van der Waals surface area (Å²) in [5.74, 6) is 1.75. The Hall–Kier alpha value is -8.88. The highest BCUT2D eigenvalue weighted by Crippen LogP contribution is 2.37. The highest BCUT2D eigenvalue weighted by atomic mass is 16.3. The Morgan fingerprint density at radius 1 is 0.375 bits per heavy atom. The lowest BCUT2D eigenvalue weighted by Gasteiger charge is -2.11. The molecule has 0 bridgehead atoms. The number of para-hydroxylation sites is 2. The molecule has 298 valence electrons. The monoisotopic (exact) mass is 819 g/mol. The average Bonchev–Trinajstić information content (AvgIpc) is 3.91. The molecular formula is C56H33N7O. The van der Waals surface area contributed by atoms with E-state index >= 15 is 0 Å². The van der Waals surface area contributed by atoms with Crippen molar-refractivity contribution in [1.82, 2.24) is 34.5 Å². The Labute approximate surface area is 365 Å². The largest absolute Gasteiger partial charge is 0.434 e. The molecule has 0 aliphatic heterocycles. The van der Waals surface area contributed by atoms with Gasteiger partial charge in [-0.2, -0.15) is 0 Å². The molecule has 0 spiro atoms. The van der Waals surface area contributed by atoms with E-state index in [1.54, 1.807) is 6.33 Å². The fraction of sp³-hybridized carbons (Fsp3) is 0. The highest BCUT2D eigenvalue weighted by molar-refractivity contribution is 6.09. The molecule has 0 aliphatic rings. The second-order valence-electron chi connectivity index (χ2n) is 16.0. The minimum absolute atomic E-state index is 0.512. The van der Waals surface area contributed by atoms with Crippen LogP contribution >= 0.6 is 0 Å². The Morgan fingerprint density at radius 2 is 0.922 bits per heavy atom. The molecule has 8 heteroatoms. The van der Waals surface area contributed by atoms with Crippen LogP contribution in [0.4, 0.5) is 0 Å². The quantitative estimate of drug-likeness (QED) is 0.154. The summed E-state index contributed by atoms with van der Waals surface area (Å²) in [6.45, 7) is 0. The van der Waals surface area contributed by atoms with Crippen molar-refractivity contribution in [3.63, 3.8) is 0 Å². The zero-order valence-corrected chi connectivity index (χ0v) is 34.1. The number of nitrogens with zero attached hydrogens (tertiary/aromatic N) is 7. The summed E-state index contributed by atoms with van der Waals surface area (Å²) in [5.41, 5.74) is 11.4. The van der Waals surface area contributed by atoms with Crippen molar-refractivity contribution in [2.45, 2.75) is 0 Å². The lowest BCUT2D eigenvalue weighted by atomic mass is 9.99. The molecule has 5 aromatic heterocycles. The summed E-state index contributed by atoms with van der Waals surface area (Å²) in [5, 5.41) is 8.10. The van der Waals surface area contributed by atoms with Gasteiger partial charge in [-0.25, -0.2) is 29.9 Å². The summed E-state index contributed by atoms with van der Waals surface area (Å²) >= 11 is 0.